The maximum Gasteiger partial charge on any atom is 0.262 e. The van der Waals surface area contributed by atoms with E-state index in [0.717, 1.165) is 0 Å². The van der Waals surface area contributed by atoms with Gasteiger partial charge < -0.3 is 13.9 Å². The Morgan fingerprint density at radius 1 is 1.08 bits per heavy atom. The Hall–Kier alpha value is -2.74. The fourth-order valence-electron chi connectivity index (χ4n) is 2.27. The Bertz CT molecular complexity index is 995. The average molecular weight is 348 g/mol. The van der Waals surface area contributed by atoms with E-state index in [4.69, 9.17) is 13.9 Å². The van der Waals surface area contributed by atoms with Gasteiger partial charge in [-0.05, 0) is 24.3 Å². The minimum absolute atomic E-state index is 0.0732. The molecule has 2 aromatic carbocycles. The van der Waals surface area contributed by atoms with Crippen molar-refractivity contribution in [2.24, 2.45) is 0 Å². The maximum atomic E-state index is 12.6. The Morgan fingerprint density at radius 2 is 1.88 bits per heavy atom. The molecule has 0 radical (unpaired) electrons. The zero-order valence-corrected chi connectivity index (χ0v) is 14.2. The molecule has 0 aliphatic carbocycles. The number of aryl methyl sites for hydroxylation is 1. The minimum Gasteiger partial charge on any atom is -0.497 e. The number of hydrogen-bond donors (Lipinski definition) is 1. The van der Waals surface area contributed by atoms with Crippen molar-refractivity contribution >= 4 is 26.8 Å². The Balaban J connectivity index is 1.98. The lowest BCUT2D eigenvalue weighted by molar-refractivity contribution is 0.395. The summed E-state index contributed by atoms with van der Waals surface area (Å²) in [5.41, 5.74) is 1.33. The van der Waals surface area contributed by atoms with Gasteiger partial charge in [0, 0.05) is 19.1 Å². The van der Waals surface area contributed by atoms with Gasteiger partial charge in [0.2, 0.25) is 0 Å². The molecule has 0 saturated heterocycles. The van der Waals surface area contributed by atoms with E-state index in [1.165, 1.54) is 26.4 Å². The Labute approximate surface area is 139 Å². The molecule has 0 fully saturated rings. The lowest BCUT2D eigenvalue weighted by atomic mass is 10.3. The highest BCUT2D eigenvalue weighted by Gasteiger charge is 2.18. The number of benzene rings is 2. The molecule has 0 atom stereocenters. The standard InChI is InChI=1S/C16H16N2O5S/c1-10-17-13-7-5-12(9-16(13)23-10)24(19,20)18-14-6-4-11(21-2)8-15(14)22-3/h4-9,18H,1-3H3. The van der Waals surface area contributed by atoms with Crippen LogP contribution in [0.25, 0.3) is 11.1 Å². The minimum atomic E-state index is -3.81. The smallest absolute Gasteiger partial charge is 0.262 e. The van der Waals surface area contributed by atoms with Gasteiger partial charge in [-0.3, -0.25) is 4.72 Å². The predicted molar refractivity (Wildman–Crippen MR) is 89.1 cm³/mol. The number of anilines is 1. The molecule has 1 N–H and O–H groups in total. The van der Waals surface area contributed by atoms with Crippen LogP contribution < -0.4 is 14.2 Å². The van der Waals surface area contributed by atoms with E-state index >= 15 is 0 Å². The third-order valence-electron chi connectivity index (χ3n) is 3.43. The lowest BCUT2D eigenvalue weighted by Crippen LogP contribution is -2.13. The molecular weight excluding hydrogens is 332 g/mol. The highest BCUT2D eigenvalue weighted by atomic mass is 32.2. The van der Waals surface area contributed by atoms with Crippen LogP contribution in [0.4, 0.5) is 5.69 Å². The molecule has 0 aliphatic rings. The molecule has 0 bridgehead atoms. The van der Waals surface area contributed by atoms with Crippen molar-refractivity contribution in [2.75, 3.05) is 18.9 Å². The van der Waals surface area contributed by atoms with Crippen LogP contribution in [-0.2, 0) is 10.0 Å². The largest absolute Gasteiger partial charge is 0.497 e. The molecule has 0 amide bonds. The molecule has 0 aliphatic heterocycles. The quantitative estimate of drug-likeness (QED) is 0.762. The van der Waals surface area contributed by atoms with Gasteiger partial charge in [-0.25, -0.2) is 13.4 Å². The fraction of sp³-hybridized carbons (Fsp3) is 0.188. The van der Waals surface area contributed by atoms with Crippen LogP contribution in [0.2, 0.25) is 0 Å². The topological polar surface area (TPSA) is 90.7 Å². The SMILES string of the molecule is COc1ccc(NS(=O)(=O)c2ccc3nc(C)oc3c2)c(OC)c1. The van der Waals surface area contributed by atoms with Gasteiger partial charge in [0.1, 0.15) is 17.0 Å². The number of methoxy groups -OCH3 is 2. The zero-order valence-electron chi connectivity index (χ0n) is 13.4. The van der Waals surface area contributed by atoms with Gasteiger partial charge in [-0.2, -0.15) is 0 Å². The van der Waals surface area contributed by atoms with Crippen LogP contribution in [0.1, 0.15) is 5.89 Å². The molecule has 1 heterocycles. The zero-order chi connectivity index (χ0) is 17.3. The fourth-order valence-corrected chi connectivity index (χ4v) is 3.36. The van der Waals surface area contributed by atoms with Gasteiger partial charge in [0.15, 0.2) is 11.5 Å². The summed E-state index contributed by atoms with van der Waals surface area (Å²) < 4.78 is 43.4. The van der Waals surface area contributed by atoms with Gasteiger partial charge >= 0.3 is 0 Å². The number of hydrogen-bond acceptors (Lipinski definition) is 6. The van der Waals surface area contributed by atoms with Crippen LogP contribution in [0.3, 0.4) is 0 Å². The number of fused-ring (bicyclic) bond motifs is 1. The number of aromatic nitrogens is 1. The predicted octanol–water partition coefficient (Wildman–Crippen LogP) is 2.95. The summed E-state index contributed by atoms with van der Waals surface area (Å²) in [6.45, 7) is 1.70. The van der Waals surface area contributed by atoms with E-state index < -0.39 is 10.0 Å². The Morgan fingerprint density at radius 3 is 2.58 bits per heavy atom. The number of sulfonamides is 1. The maximum absolute atomic E-state index is 12.6. The molecule has 126 valence electrons. The van der Waals surface area contributed by atoms with Crippen molar-refractivity contribution in [2.45, 2.75) is 11.8 Å². The summed E-state index contributed by atoms with van der Waals surface area (Å²) >= 11 is 0. The molecule has 8 heteroatoms. The highest BCUT2D eigenvalue weighted by molar-refractivity contribution is 7.92. The van der Waals surface area contributed by atoms with Gasteiger partial charge in [-0.1, -0.05) is 0 Å². The first-order valence-corrected chi connectivity index (χ1v) is 8.53. The molecule has 0 saturated carbocycles. The summed E-state index contributed by atoms with van der Waals surface area (Å²) in [7, 11) is -0.831. The van der Waals surface area contributed by atoms with Gasteiger partial charge in [-0.15, -0.1) is 0 Å². The van der Waals surface area contributed by atoms with E-state index in [1.54, 1.807) is 31.2 Å². The van der Waals surface area contributed by atoms with Crippen LogP contribution in [0.15, 0.2) is 45.7 Å². The van der Waals surface area contributed by atoms with Crippen molar-refractivity contribution in [3.05, 3.63) is 42.3 Å². The molecule has 3 rings (SSSR count). The van der Waals surface area contributed by atoms with E-state index in [2.05, 4.69) is 9.71 Å². The van der Waals surface area contributed by atoms with Gasteiger partial charge in [0.25, 0.3) is 10.0 Å². The summed E-state index contributed by atoms with van der Waals surface area (Å²) in [5.74, 6) is 1.40. The van der Waals surface area contributed by atoms with Crippen molar-refractivity contribution in [3.63, 3.8) is 0 Å². The molecular formula is C16H16N2O5S. The van der Waals surface area contributed by atoms with Crippen LogP contribution in [-0.4, -0.2) is 27.6 Å². The number of nitrogens with one attached hydrogen (secondary N) is 1. The highest BCUT2D eigenvalue weighted by Crippen LogP contribution is 2.31. The summed E-state index contributed by atoms with van der Waals surface area (Å²) in [6, 6.07) is 9.33. The monoisotopic (exact) mass is 348 g/mol. The van der Waals surface area contributed by atoms with Crippen molar-refractivity contribution in [3.8, 4) is 11.5 Å². The first kappa shape index (κ1) is 16.1. The van der Waals surface area contributed by atoms with E-state index in [1.807, 2.05) is 0 Å². The summed E-state index contributed by atoms with van der Waals surface area (Å²) in [6.07, 6.45) is 0. The molecule has 0 unspecified atom stereocenters. The third-order valence-corrected chi connectivity index (χ3v) is 4.79. The van der Waals surface area contributed by atoms with Crippen molar-refractivity contribution < 1.29 is 22.3 Å². The lowest BCUT2D eigenvalue weighted by Gasteiger charge is -2.13. The number of ether oxygens (including phenoxy) is 2. The van der Waals surface area contributed by atoms with Crippen LogP contribution >= 0.6 is 0 Å². The molecule has 1 aromatic heterocycles. The summed E-state index contributed by atoms with van der Waals surface area (Å²) in [4.78, 5) is 4.22. The first-order valence-electron chi connectivity index (χ1n) is 7.05. The van der Waals surface area contributed by atoms with Crippen LogP contribution in [0.5, 0.6) is 11.5 Å². The van der Waals surface area contributed by atoms with Gasteiger partial charge in [0.05, 0.1) is 24.8 Å². The number of nitrogens with zero attached hydrogens (tertiary/aromatic N) is 1. The number of rotatable bonds is 5. The van der Waals surface area contributed by atoms with Crippen LogP contribution in [0, 0.1) is 6.92 Å². The normalized spacial score (nSPS) is 11.5. The molecule has 3 aromatic rings. The second-order valence-electron chi connectivity index (χ2n) is 5.03. The second kappa shape index (κ2) is 6.04. The first-order chi connectivity index (χ1) is 11.4. The number of oxazole rings is 1. The van der Waals surface area contributed by atoms with E-state index in [0.29, 0.717) is 34.2 Å². The van der Waals surface area contributed by atoms with E-state index in [-0.39, 0.29) is 4.90 Å². The summed E-state index contributed by atoms with van der Waals surface area (Å²) in [5, 5.41) is 0. The molecule has 7 nitrogen and oxygen atoms in total. The second-order valence-corrected chi connectivity index (χ2v) is 6.72. The van der Waals surface area contributed by atoms with Crippen molar-refractivity contribution in [1.29, 1.82) is 0 Å². The van der Waals surface area contributed by atoms with E-state index in [9.17, 15) is 8.42 Å². The molecule has 24 heavy (non-hydrogen) atoms. The third kappa shape index (κ3) is 3.00. The van der Waals surface area contributed by atoms with Crippen molar-refractivity contribution in [1.82, 2.24) is 4.98 Å². The Kier molecular flexibility index (Phi) is 4.06. The average Bonchev–Trinajstić information content (AvgIpc) is 2.94. The molecule has 0 spiro atoms.